The van der Waals surface area contributed by atoms with Crippen molar-refractivity contribution in [3.63, 3.8) is 0 Å². The lowest BCUT2D eigenvalue weighted by molar-refractivity contribution is -0.147. The molecule has 0 rings (SSSR count). The number of carboxylic acid groups (broad SMARTS) is 1. The highest BCUT2D eigenvalue weighted by molar-refractivity contribution is 5.86. The van der Waals surface area contributed by atoms with Gasteiger partial charge in [0.2, 0.25) is 5.91 Å². The first-order valence-electron chi connectivity index (χ1n) is 4.61. The van der Waals surface area contributed by atoms with E-state index in [1.807, 2.05) is 0 Å². The minimum Gasteiger partial charge on any atom is -0.480 e. The Morgan fingerprint density at radius 3 is 2.50 bits per heavy atom. The van der Waals surface area contributed by atoms with E-state index < -0.39 is 11.5 Å². The van der Waals surface area contributed by atoms with Crippen LogP contribution in [0.2, 0.25) is 0 Å². The van der Waals surface area contributed by atoms with E-state index in [1.165, 1.54) is 6.92 Å². The van der Waals surface area contributed by atoms with Crippen LogP contribution < -0.4 is 5.32 Å². The first-order chi connectivity index (χ1) is 6.46. The standard InChI is InChI=1S/C10H17NO3/c1-4-6-7-8(12)11-10(3,5-2)9(13)14/h4H,1,5-7H2,2-3H3,(H,11,12)(H,13,14). The van der Waals surface area contributed by atoms with Gasteiger partial charge in [-0.1, -0.05) is 13.0 Å². The molecule has 0 aliphatic carbocycles. The molecule has 0 saturated carbocycles. The van der Waals surface area contributed by atoms with Crippen LogP contribution in [0.1, 0.15) is 33.1 Å². The fourth-order valence-electron chi connectivity index (χ4n) is 0.896. The van der Waals surface area contributed by atoms with Gasteiger partial charge in [-0.05, 0) is 19.8 Å². The van der Waals surface area contributed by atoms with Gasteiger partial charge in [-0.2, -0.15) is 0 Å². The van der Waals surface area contributed by atoms with Crippen molar-refractivity contribution in [1.82, 2.24) is 5.32 Å². The Hall–Kier alpha value is -1.32. The molecule has 2 N–H and O–H groups in total. The molecule has 1 unspecified atom stereocenters. The van der Waals surface area contributed by atoms with Gasteiger partial charge >= 0.3 is 5.97 Å². The van der Waals surface area contributed by atoms with Crippen molar-refractivity contribution in [1.29, 1.82) is 0 Å². The lowest BCUT2D eigenvalue weighted by atomic mass is 9.99. The molecule has 0 aromatic carbocycles. The van der Waals surface area contributed by atoms with E-state index in [0.717, 1.165) is 0 Å². The molecule has 0 bridgehead atoms. The number of carboxylic acids is 1. The fourth-order valence-corrected chi connectivity index (χ4v) is 0.896. The van der Waals surface area contributed by atoms with Crippen molar-refractivity contribution in [2.24, 2.45) is 0 Å². The molecule has 0 fully saturated rings. The monoisotopic (exact) mass is 199 g/mol. The molecule has 4 heteroatoms. The topological polar surface area (TPSA) is 66.4 Å². The second kappa shape index (κ2) is 5.42. The van der Waals surface area contributed by atoms with E-state index in [2.05, 4.69) is 11.9 Å². The molecule has 14 heavy (non-hydrogen) atoms. The Morgan fingerprint density at radius 1 is 1.57 bits per heavy atom. The number of hydrogen-bond acceptors (Lipinski definition) is 2. The minimum absolute atomic E-state index is 0.253. The molecular formula is C10H17NO3. The van der Waals surface area contributed by atoms with Crippen LogP contribution in [0.5, 0.6) is 0 Å². The summed E-state index contributed by atoms with van der Waals surface area (Å²) in [5.41, 5.74) is -1.15. The zero-order valence-electron chi connectivity index (χ0n) is 8.67. The van der Waals surface area contributed by atoms with E-state index in [4.69, 9.17) is 5.11 Å². The zero-order chi connectivity index (χ0) is 11.2. The average molecular weight is 199 g/mol. The Bertz CT molecular complexity index is 238. The third-order valence-electron chi connectivity index (χ3n) is 2.17. The Labute approximate surface area is 84.0 Å². The van der Waals surface area contributed by atoms with Gasteiger partial charge in [0.05, 0.1) is 0 Å². The van der Waals surface area contributed by atoms with Crippen molar-refractivity contribution in [2.45, 2.75) is 38.6 Å². The number of carbonyl (C=O) groups excluding carboxylic acids is 1. The molecular weight excluding hydrogens is 182 g/mol. The maximum absolute atomic E-state index is 11.3. The Kier molecular flexibility index (Phi) is 4.91. The smallest absolute Gasteiger partial charge is 0.329 e. The lowest BCUT2D eigenvalue weighted by Gasteiger charge is -2.24. The molecule has 0 spiro atoms. The number of amides is 1. The fraction of sp³-hybridized carbons (Fsp3) is 0.600. The molecule has 0 aromatic heterocycles. The van der Waals surface area contributed by atoms with Gasteiger partial charge in [-0.3, -0.25) is 4.79 Å². The van der Waals surface area contributed by atoms with E-state index in [-0.39, 0.29) is 12.3 Å². The largest absolute Gasteiger partial charge is 0.480 e. The van der Waals surface area contributed by atoms with Crippen LogP contribution >= 0.6 is 0 Å². The highest BCUT2D eigenvalue weighted by Crippen LogP contribution is 2.09. The first-order valence-corrected chi connectivity index (χ1v) is 4.61. The van der Waals surface area contributed by atoms with Crippen molar-refractivity contribution in [3.8, 4) is 0 Å². The SMILES string of the molecule is C=CCCC(=O)NC(C)(CC)C(=O)O. The van der Waals surface area contributed by atoms with Crippen LogP contribution in [0.15, 0.2) is 12.7 Å². The third-order valence-corrected chi connectivity index (χ3v) is 2.17. The number of nitrogens with one attached hydrogen (secondary N) is 1. The molecule has 80 valence electrons. The maximum Gasteiger partial charge on any atom is 0.329 e. The van der Waals surface area contributed by atoms with Crippen molar-refractivity contribution < 1.29 is 14.7 Å². The number of carbonyl (C=O) groups is 2. The first kappa shape index (κ1) is 12.7. The van der Waals surface area contributed by atoms with Crippen molar-refractivity contribution in [3.05, 3.63) is 12.7 Å². The third kappa shape index (κ3) is 3.60. The molecule has 0 saturated heterocycles. The highest BCUT2D eigenvalue weighted by atomic mass is 16.4. The van der Waals surface area contributed by atoms with E-state index >= 15 is 0 Å². The second-order valence-corrected chi connectivity index (χ2v) is 3.37. The minimum atomic E-state index is -1.15. The van der Waals surface area contributed by atoms with Gasteiger partial charge in [0.15, 0.2) is 0 Å². The van der Waals surface area contributed by atoms with Gasteiger partial charge in [0.1, 0.15) is 5.54 Å². The summed E-state index contributed by atoms with van der Waals surface area (Å²) in [6.45, 7) is 6.71. The Balaban J connectivity index is 4.24. The average Bonchev–Trinajstić information content (AvgIpc) is 2.14. The van der Waals surface area contributed by atoms with E-state index in [9.17, 15) is 9.59 Å². The molecule has 0 aliphatic heterocycles. The Morgan fingerprint density at radius 2 is 2.14 bits per heavy atom. The summed E-state index contributed by atoms with van der Waals surface area (Å²) < 4.78 is 0. The summed E-state index contributed by atoms with van der Waals surface area (Å²) >= 11 is 0. The quantitative estimate of drug-likeness (QED) is 0.634. The summed E-state index contributed by atoms with van der Waals surface area (Å²) in [4.78, 5) is 22.1. The predicted molar refractivity (Wildman–Crippen MR) is 53.9 cm³/mol. The number of allylic oxidation sites excluding steroid dienone is 1. The summed E-state index contributed by atoms with van der Waals surface area (Å²) in [5.74, 6) is -1.26. The van der Waals surface area contributed by atoms with Crippen LogP contribution in [0, 0.1) is 0 Å². The highest BCUT2D eigenvalue weighted by Gasteiger charge is 2.32. The van der Waals surface area contributed by atoms with Crippen LogP contribution in [-0.2, 0) is 9.59 Å². The lowest BCUT2D eigenvalue weighted by Crippen LogP contribution is -2.51. The van der Waals surface area contributed by atoms with Crippen molar-refractivity contribution >= 4 is 11.9 Å². The molecule has 0 heterocycles. The van der Waals surface area contributed by atoms with Crippen molar-refractivity contribution in [2.75, 3.05) is 0 Å². The summed E-state index contributed by atoms with van der Waals surface area (Å²) in [6, 6.07) is 0. The molecule has 4 nitrogen and oxygen atoms in total. The molecule has 0 radical (unpaired) electrons. The maximum atomic E-state index is 11.3. The van der Waals surface area contributed by atoms with Gasteiger partial charge in [-0.15, -0.1) is 6.58 Å². The number of aliphatic carboxylic acids is 1. The normalized spacial score (nSPS) is 14.1. The van der Waals surface area contributed by atoms with Crippen LogP contribution in [-0.4, -0.2) is 22.5 Å². The predicted octanol–water partition coefficient (Wildman–Crippen LogP) is 1.32. The molecule has 1 atom stereocenters. The van der Waals surface area contributed by atoms with Gasteiger partial charge < -0.3 is 10.4 Å². The second-order valence-electron chi connectivity index (χ2n) is 3.37. The zero-order valence-corrected chi connectivity index (χ0v) is 8.67. The molecule has 1 amide bonds. The van der Waals surface area contributed by atoms with Gasteiger partial charge in [0, 0.05) is 6.42 Å². The van der Waals surface area contributed by atoms with E-state index in [0.29, 0.717) is 12.8 Å². The van der Waals surface area contributed by atoms with Gasteiger partial charge in [-0.25, -0.2) is 4.79 Å². The summed E-state index contributed by atoms with van der Waals surface area (Å²) in [6.07, 6.45) is 2.84. The van der Waals surface area contributed by atoms with E-state index in [1.54, 1.807) is 13.0 Å². The molecule has 0 aliphatic rings. The van der Waals surface area contributed by atoms with Crippen LogP contribution in [0.4, 0.5) is 0 Å². The summed E-state index contributed by atoms with van der Waals surface area (Å²) in [5, 5.41) is 11.4. The van der Waals surface area contributed by atoms with Gasteiger partial charge in [0.25, 0.3) is 0 Å². The number of hydrogen-bond donors (Lipinski definition) is 2. The summed E-state index contributed by atoms with van der Waals surface area (Å²) in [7, 11) is 0. The molecule has 0 aromatic rings. The van der Waals surface area contributed by atoms with Crippen LogP contribution in [0.25, 0.3) is 0 Å². The van der Waals surface area contributed by atoms with Crippen LogP contribution in [0.3, 0.4) is 0 Å². The number of rotatable bonds is 6.